The second kappa shape index (κ2) is 11.6. The zero-order valence-electron chi connectivity index (χ0n) is 16.3. The molecule has 2 aromatic rings. The van der Waals surface area contributed by atoms with Crippen LogP contribution in [0.1, 0.15) is 29.3 Å². The maximum absolute atomic E-state index is 13.5. The van der Waals surface area contributed by atoms with Crippen molar-refractivity contribution in [3.05, 3.63) is 52.6 Å². The van der Waals surface area contributed by atoms with Crippen LogP contribution in [0.2, 0.25) is 0 Å². The Balaban J connectivity index is 0.00000420. The first-order valence-electron chi connectivity index (χ1n) is 8.62. The van der Waals surface area contributed by atoms with Crippen molar-refractivity contribution in [1.29, 1.82) is 0 Å². The second-order valence-electron chi connectivity index (χ2n) is 6.07. The minimum absolute atomic E-state index is 0. The monoisotopic (exact) mass is 545 g/mol. The Hall–Kier alpha value is -1.50. The summed E-state index contributed by atoms with van der Waals surface area (Å²) in [7, 11) is 1.44. The first kappa shape index (κ1) is 25.5. The largest absolute Gasteiger partial charge is 0.435 e. The van der Waals surface area contributed by atoms with Crippen molar-refractivity contribution < 1.29 is 17.6 Å². The van der Waals surface area contributed by atoms with Gasteiger partial charge >= 0.3 is 6.18 Å². The lowest BCUT2D eigenvalue weighted by Crippen LogP contribution is -2.37. The summed E-state index contributed by atoms with van der Waals surface area (Å²) in [5.74, 6) is 0.733. The average Bonchev–Trinajstić information content (AvgIpc) is 3.00. The molecule has 11 heteroatoms. The van der Waals surface area contributed by atoms with E-state index in [9.17, 15) is 17.6 Å². The molecule has 1 aromatic heterocycles. The van der Waals surface area contributed by atoms with Crippen molar-refractivity contribution in [2.75, 3.05) is 12.8 Å². The van der Waals surface area contributed by atoms with E-state index in [1.807, 2.05) is 13.2 Å². The first-order valence-corrected chi connectivity index (χ1v) is 10.0. The maximum Gasteiger partial charge on any atom is 0.435 e. The third-order valence-electron chi connectivity index (χ3n) is 3.84. The van der Waals surface area contributed by atoms with Crippen LogP contribution < -0.4 is 10.6 Å². The molecule has 0 spiro atoms. The molecule has 0 saturated carbocycles. The number of alkyl halides is 3. The van der Waals surface area contributed by atoms with E-state index in [0.29, 0.717) is 24.8 Å². The number of rotatable bonds is 7. The molecule has 0 radical (unpaired) electrons. The molecule has 0 atom stereocenters. The Morgan fingerprint density at radius 3 is 2.55 bits per heavy atom. The zero-order valence-corrected chi connectivity index (χ0v) is 19.5. The number of hydrogen-bond acceptors (Lipinski definition) is 3. The molecule has 0 unspecified atom stereocenters. The van der Waals surface area contributed by atoms with Crippen LogP contribution in [0.15, 0.2) is 29.4 Å². The van der Waals surface area contributed by atoms with Crippen molar-refractivity contribution in [2.24, 2.45) is 12.0 Å². The highest BCUT2D eigenvalue weighted by Gasteiger charge is 2.36. The quantitative estimate of drug-likeness (QED) is 0.236. The van der Waals surface area contributed by atoms with E-state index >= 15 is 0 Å². The van der Waals surface area contributed by atoms with Gasteiger partial charge in [-0.2, -0.15) is 30.0 Å². The van der Waals surface area contributed by atoms with Crippen LogP contribution in [0.3, 0.4) is 0 Å². The van der Waals surface area contributed by atoms with Crippen LogP contribution in [0.25, 0.3) is 0 Å². The van der Waals surface area contributed by atoms with Gasteiger partial charge in [-0.1, -0.05) is 6.07 Å². The molecule has 5 nitrogen and oxygen atoms in total. The van der Waals surface area contributed by atoms with Gasteiger partial charge < -0.3 is 10.6 Å². The number of aliphatic imine (C=N–C) groups is 1. The fourth-order valence-corrected chi connectivity index (χ4v) is 3.21. The Morgan fingerprint density at radius 2 is 1.93 bits per heavy atom. The summed E-state index contributed by atoms with van der Waals surface area (Å²) in [6.45, 7) is 2.62. The molecule has 0 bridgehead atoms. The summed E-state index contributed by atoms with van der Waals surface area (Å²) >= 11 is 1.58. The van der Waals surface area contributed by atoms with Gasteiger partial charge in [-0.15, -0.1) is 24.0 Å². The standard InChI is InChI=1S/C18H23F4N5S.HI/c1-4-23-17(24-8-12-5-6-15(19)7-13(12)11-28-3)25-9-14-10-27(2)26-16(14)18(20,21)22;/h5-7,10H,4,8-9,11H2,1-3H3,(H2,23,24,25);1H. The van der Waals surface area contributed by atoms with Crippen LogP contribution in [-0.4, -0.2) is 28.5 Å². The van der Waals surface area contributed by atoms with Crippen LogP contribution in [0.5, 0.6) is 0 Å². The lowest BCUT2D eigenvalue weighted by molar-refractivity contribution is -0.142. The van der Waals surface area contributed by atoms with Gasteiger partial charge in [0.2, 0.25) is 0 Å². The molecular weight excluding hydrogens is 521 g/mol. The normalized spacial score (nSPS) is 11.9. The van der Waals surface area contributed by atoms with Crippen molar-refractivity contribution in [2.45, 2.75) is 31.9 Å². The molecule has 2 rings (SSSR count). The first-order chi connectivity index (χ1) is 13.2. The van der Waals surface area contributed by atoms with Crippen LogP contribution in [0.4, 0.5) is 17.6 Å². The fourth-order valence-electron chi connectivity index (χ4n) is 2.63. The highest BCUT2D eigenvalue weighted by Crippen LogP contribution is 2.30. The molecule has 29 heavy (non-hydrogen) atoms. The number of aromatic nitrogens is 2. The number of nitrogens with one attached hydrogen (secondary N) is 2. The fraction of sp³-hybridized carbons (Fsp3) is 0.444. The zero-order chi connectivity index (χ0) is 20.7. The highest BCUT2D eigenvalue weighted by atomic mass is 127. The SMILES string of the molecule is CCNC(=NCc1cn(C)nc1C(F)(F)F)NCc1ccc(F)cc1CSC.I. The van der Waals surface area contributed by atoms with Crippen LogP contribution in [0, 0.1) is 5.82 Å². The molecule has 2 N–H and O–H groups in total. The number of hydrogen-bond donors (Lipinski definition) is 2. The van der Waals surface area contributed by atoms with E-state index < -0.39 is 11.9 Å². The lowest BCUT2D eigenvalue weighted by atomic mass is 10.1. The molecule has 162 valence electrons. The van der Waals surface area contributed by atoms with Gasteiger partial charge in [0.1, 0.15) is 5.82 Å². The Kier molecular flexibility index (Phi) is 10.2. The van der Waals surface area contributed by atoms with E-state index in [2.05, 4.69) is 20.7 Å². The van der Waals surface area contributed by atoms with Gasteiger partial charge in [0, 0.05) is 37.7 Å². The minimum atomic E-state index is -4.53. The second-order valence-corrected chi connectivity index (χ2v) is 6.94. The van der Waals surface area contributed by atoms with Gasteiger partial charge in [-0.05, 0) is 36.4 Å². The van der Waals surface area contributed by atoms with E-state index in [1.54, 1.807) is 17.8 Å². The van der Waals surface area contributed by atoms with Gasteiger partial charge in [-0.25, -0.2) is 9.38 Å². The molecule has 0 amide bonds. The predicted octanol–water partition coefficient (Wildman–Crippen LogP) is 4.31. The molecule has 1 heterocycles. The molecule has 0 saturated heterocycles. The number of aryl methyl sites for hydroxylation is 1. The number of guanidine groups is 1. The van der Waals surface area contributed by atoms with Gasteiger partial charge in [0.05, 0.1) is 6.54 Å². The number of benzene rings is 1. The molecule has 0 aliphatic rings. The van der Waals surface area contributed by atoms with E-state index in [-0.39, 0.29) is 41.9 Å². The maximum atomic E-state index is 13.5. The van der Waals surface area contributed by atoms with Gasteiger partial charge in [-0.3, -0.25) is 4.68 Å². The molecular formula is C18H24F4IN5S. The topological polar surface area (TPSA) is 54.2 Å². The number of nitrogens with zero attached hydrogens (tertiary/aromatic N) is 3. The summed E-state index contributed by atoms with van der Waals surface area (Å²) in [5.41, 5.74) is 0.827. The Morgan fingerprint density at radius 1 is 1.21 bits per heavy atom. The van der Waals surface area contributed by atoms with Crippen molar-refractivity contribution in [1.82, 2.24) is 20.4 Å². The molecule has 0 fully saturated rings. The molecule has 0 aliphatic heterocycles. The average molecular weight is 545 g/mol. The van der Waals surface area contributed by atoms with Crippen molar-refractivity contribution in [3.8, 4) is 0 Å². The number of thioether (sulfide) groups is 1. The third kappa shape index (κ3) is 7.68. The van der Waals surface area contributed by atoms with E-state index in [4.69, 9.17) is 0 Å². The predicted molar refractivity (Wildman–Crippen MR) is 119 cm³/mol. The summed E-state index contributed by atoms with van der Waals surface area (Å²) < 4.78 is 53.8. The Bertz CT molecular complexity index is 823. The Labute approximate surface area is 188 Å². The highest BCUT2D eigenvalue weighted by molar-refractivity contribution is 14.0. The molecule has 1 aromatic carbocycles. The third-order valence-corrected chi connectivity index (χ3v) is 4.44. The van der Waals surface area contributed by atoms with Crippen LogP contribution >= 0.6 is 35.7 Å². The summed E-state index contributed by atoms with van der Waals surface area (Å²) in [6, 6.07) is 4.57. The summed E-state index contributed by atoms with van der Waals surface area (Å²) in [6.07, 6.45) is -1.29. The van der Waals surface area contributed by atoms with E-state index in [0.717, 1.165) is 15.8 Å². The smallest absolute Gasteiger partial charge is 0.357 e. The van der Waals surface area contributed by atoms with Crippen molar-refractivity contribution >= 4 is 41.7 Å². The van der Waals surface area contributed by atoms with Crippen molar-refractivity contribution in [3.63, 3.8) is 0 Å². The minimum Gasteiger partial charge on any atom is -0.357 e. The van der Waals surface area contributed by atoms with Gasteiger partial charge in [0.25, 0.3) is 0 Å². The van der Waals surface area contributed by atoms with Crippen LogP contribution in [-0.2, 0) is 32.1 Å². The lowest BCUT2D eigenvalue weighted by Gasteiger charge is -2.14. The van der Waals surface area contributed by atoms with E-state index in [1.165, 1.54) is 25.4 Å². The van der Waals surface area contributed by atoms with Gasteiger partial charge in [0.15, 0.2) is 11.7 Å². The number of halogens is 5. The summed E-state index contributed by atoms with van der Waals surface area (Å²) in [5, 5.41) is 9.57. The molecule has 0 aliphatic carbocycles. The summed E-state index contributed by atoms with van der Waals surface area (Å²) in [4.78, 5) is 4.24.